The Morgan fingerprint density at radius 2 is 1.79 bits per heavy atom. The zero-order valence-corrected chi connectivity index (χ0v) is 16.8. The Hall–Kier alpha value is -3.16. The molecule has 2 aromatic rings. The van der Waals surface area contributed by atoms with E-state index in [-0.39, 0.29) is 17.4 Å². The van der Waals surface area contributed by atoms with Crippen LogP contribution in [0.15, 0.2) is 36.7 Å². The summed E-state index contributed by atoms with van der Waals surface area (Å²) in [7, 11) is 0. The first kappa shape index (κ1) is 20.6. The predicted octanol–water partition coefficient (Wildman–Crippen LogP) is 2.88. The average molecular weight is 397 g/mol. The van der Waals surface area contributed by atoms with Crippen molar-refractivity contribution < 1.29 is 14.7 Å². The van der Waals surface area contributed by atoms with Gasteiger partial charge in [0.15, 0.2) is 0 Å². The van der Waals surface area contributed by atoms with Crippen molar-refractivity contribution in [2.45, 2.75) is 26.7 Å². The summed E-state index contributed by atoms with van der Waals surface area (Å²) in [6.07, 6.45) is 4.73. The highest BCUT2D eigenvalue weighted by atomic mass is 16.4. The topological polar surface area (TPSA) is 98.7 Å². The summed E-state index contributed by atoms with van der Waals surface area (Å²) in [4.78, 5) is 36.8. The number of anilines is 3. The summed E-state index contributed by atoms with van der Waals surface area (Å²) in [6, 6.07) is 6.98. The maximum Gasteiger partial charge on any atom is 0.337 e. The summed E-state index contributed by atoms with van der Waals surface area (Å²) < 4.78 is 0. The van der Waals surface area contributed by atoms with E-state index in [0.29, 0.717) is 18.1 Å². The molecule has 2 heterocycles. The van der Waals surface area contributed by atoms with E-state index in [0.717, 1.165) is 38.3 Å². The molecule has 0 atom stereocenters. The third-order valence-electron chi connectivity index (χ3n) is 4.80. The van der Waals surface area contributed by atoms with Gasteiger partial charge in [-0.2, -0.15) is 0 Å². The van der Waals surface area contributed by atoms with Crippen molar-refractivity contribution in [2.24, 2.45) is 5.92 Å². The summed E-state index contributed by atoms with van der Waals surface area (Å²) >= 11 is 0. The lowest BCUT2D eigenvalue weighted by atomic mass is 10.1. The molecule has 0 saturated carbocycles. The molecule has 8 heteroatoms. The molecule has 1 aliphatic heterocycles. The Morgan fingerprint density at radius 3 is 2.48 bits per heavy atom. The fourth-order valence-electron chi connectivity index (χ4n) is 3.42. The van der Waals surface area contributed by atoms with Crippen LogP contribution in [0.5, 0.6) is 0 Å². The van der Waals surface area contributed by atoms with Gasteiger partial charge in [0.1, 0.15) is 0 Å². The number of carboxylic acids is 1. The highest BCUT2D eigenvalue weighted by Crippen LogP contribution is 2.25. The molecule has 2 N–H and O–H groups in total. The van der Waals surface area contributed by atoms with E-state index in [1.165, 1.54) is 0 Å². The van der Waals surface area contributed by atoms with E-state index < -0.39 is 5.97 Å². The minimum absolute atomic E-state index is 0.104. The third-order valence-corrected chi connectivity index (χ3v) is 4.80. The highest BCUT2D eigenvalue weighted by Gasteiger charge is 2.20. The first-order chi connectivity index (χ1) is 13.9. The van der Waals surface area contributed by atoms with Gasteiger partial charge in [0.2, 0.25) is 11.9 Å². The number of amides is 1. The molecule has 3 rings (SSSR count). The van der Waals surface area contributed by atoms with Crippen LogP contribution in [0.4, 0.5) is 17.3 Å². The molecule has 0 aliphatic carbocycles. The largest absolute Gasteiger partial charge is 0.478 e. The Labute approximate surface area is 170 Å². The molecular weight excluding hydrogens is 370 g/mol. The van der Waals surface area contributed by atoms with Crippen LogP contribution >= 0.6 is 0 Å². The summed E-state index contributed by atoms with van der Waals surface area (Å²) in [5.41, 5.74) is 1.27. The van der Waals surface area contributed by atoms with Gasteiger partial charge in [-0.25, -0.2) is 14.8 Å². The molecule has 1 amide bonds. The fourth-order valence-corrected chi connectivity index (χ4v) is 3.42. The Kier molecular flexibility index (Phi) is 6.64. The molecular formula is C21H27N5O3. The maximum atomic E-state index is 12.1. The molecule has 0 radical (unpaired) electrons. The quantitative estimate of drug-likeness (QED) is 0.773. The Bertz CT molecular complexity index is 857. The third kappa shape index (κ3) is 5.43. The number of hydrogen-bond donors (Lipinski definition) is 2. The van der Waals surface area contributed by atoms with Crippen LogP contribution in [0.3, 0.4) is 0 Å². The molecule has 1 aromatic carbocycles. The molecule has 154 valence electrons. The van der Waals surface area contributed by atoms with Crippen LogP contribution in [-0.4, -0.2) is 53.1 Å². The minimum Gasteiger partial charge on any atom is -0.478 e. The molecule has 1 fully saturated rings. The van der Waals surface area contributed by atoms with Gasteiger partial charge in [-0.1, -0.05) is 13.8 Å². The normalized spacial score (nSPS) is 14.6. The highest BCUT2D eigenvalue weighted by molar-refractivity contribution is 6.01. The molecule has 1 saturated heterocycles. The van der Waals surface area contributed by atoms with Gasteiger partial charge in [0.05, 0.1) is 11.3 Å². The number of nitrogens with one attached hydrogen (secondary N) is 1. The number of carboxylic acid groups (broad SMARTS) is 1. The lowest BCUT2D eigenvalue weighted by Crippen LogP contribution is -2.31. The van der Waals surface area contributed by atoms with E-state index in [4.69, 9.17) is 0 Å². The number of hydrogen-bond acceptors (Lipinski definition) is 6. The molecule has 1 aromatic heterocycles. The number of carbonyl (C=O) groups excluding carboxylic acids is 1. The van der Waals surface area contributed by atoms with Gasteiger partial charge < -0.3 is 20.2 Å². The van der Waals surface area contributed by atoms with Crippen molar-refractivity contribution in [3.63, 3.8) is 0 Å². The van der Waals surface area contributed by atoms with Gasteiger partial charge in [-0.15, -0.1) is 0 Å². The van der Waals surface area contributed by atoms with Crippen LogP contribution < -0.4 is 15.1 Å². The van der Waals surface area contributed by atoms with Gasteiger partial charge in [-0.05, 0) is 36.6 Å². The van der Waals surface area contributed by atoms with Gasteiger partial charge >= 0.3 is 5.97 Å². The number of benzene rings is 1. The first-order valence-electron chi connectivity index (χ1n) is 9.88. The molecule has 8 nitrogen and oxygen atoms in total. The van der Waals surface area contributed by atoms with E-state index in [1.807, 2.05) is 19.9 Å². The smallest absolute Gasteiger partial charge is 0.337 e. The Balaban J connectivity index is 1.74. The average Bonchev–Trinajstić information content (AvgIpc) is 2.94. The van der Waals surface area contributed by atoms with Crippen molar-refractivity contribution in [2.75, 3.05) is 41.3 Å². The maximum absolute atomic E-state index is 12.1. The van der Waals surface area contributed by atoms with Crippen molar-refractivity contribution in [3.8, 4) is 0 Å². The zero-order valence-electron chi connectivity index (χ0n) is 16.8. The van der Waals surface area contributed by atoms with Crippen molar-refractivity contribution in [1.29, 1.82) is 0 Å². The number of aromatic carboxylic acids is 1. The lowest BCUT2D eigenvalue weighted by Gasteiger charge is -2.24. The second-order valence-corrected chi connectivity index (χ2v) is 7.56. The lowest BCUT2D eigenvalue weighted by molar-refractivity contribution is -0.116. The number of carbonyl (C=O) groups is 2. The van der Waals surface area contributed by atoms with E-state index in [1.54, 1.807) is 30.6 Å². The minimum atomic E-state index is -1.05. The van der Waals surface area contributed by atoms with E-state index in [2.05, 4.69) is 25.1 Å². The number of nitrogens with zero attached hydrogens (tertiary/aromatic N) is 4. The SMILES string of the molecule is CC(C)CC(=O)Nc1ccc(N2CCCN(c3ncccn3)CC2)cc1C(=O)O. The van der Waals surface area contributed by atoms with Gasteiger partial charge in [-0.3, -0.25) is 4.79 Å². The second kappa shape index (κ2) is 9.36. The number of rotatable bonds is 6. The van der Waals surface area contributed by atoms with Crippen LogP contribution in [0, 0.1) is 5.92 Å². The molecule has 0 bridgehead atoms. The van der Waals surface area contributed by atoms with Crippen molar-refractivity contribution in [3.05, 3.63) is 42.2 Å². The van der Waals surface area contributed by atoms with Crippen molar-refractivity contribution in [1.82, 2.24) is 9.97 Å². The van der Waals surface area contributed by atoms with E-state index >= 15 is 0 Å². The van der Waals surface area contributed by atoms with E-state index in [9.17, 15) is 14.7 Å². The Morgan fingerprint density at radius 1 is 1.10 bits per heavy atom. The first-order valence-corrected chi connectivity index (χ1v) is 9.88. The predicted molar refractivity (Wildman–Crippen MR) is 113 cm³/mol. The second-order valence-electron chi connectivity index (χ2n) is 7.56. The van der Waals surface area contributed by atoms with Crippen LogP contribution in [0.2, 0.25) is 0 Å². The van der Waals surface area contributed by atoms with Gasteiger partial charge in [0.25, 0.3) is 0 Å². The monoisotopic (exact) mass is 397 g/mol. The summed E-state index contributed by atoms with van der Waals surface area (Å²) in [5, 5.41) is 12.4. The summed E-state index contributed by atoms with van der Waals surface area (Å²) in [6.45, 7) is 7.03. The fraction of sp³-hybridized carbons (Fsp3) is 0.429. The standard InChI is InChI=1S/C21H27N5O3/c1-15(2)13-19(27)24-18-6-5-16(14-17(18)20(28)29)25-9-4-10-26(12-11-25)21-22-7-3-8-23-21/h3,5-8,14-15H,4,9-13H2,1-2H3,(H,24,27)(H,28,29). The molecule has 0 spiro atoms. The van der Waals surface area contributed by atoms with Gasteiger partial charge in [0, 0.05) is 50.7 Å². The summed E-state index contributed by atoms with van der Waals surface area (Å²) in [5.74, 6) is -0.315. The molecule has 1 aliphatic rings. The number of aromatic nitrogens is 2. The van der Waals surface area contributed by atoms with Crippen LogP contribution in [0.1, 0.15) is 37.0 Å². The van der Waals surface area contributed by atoms with Crippen LogP contribution in [-0.2, 0) is 4.79 Å². The zero-order chi connectivity index (χ0) is 20.8. The van der Waals surface area contributed by atoms with Crippen LogP contribution in [0.25, 0.3) is 0 Å². The van der Waals surface area contributed by atoms with Crippen molar-refractivity contribution >= 4 is 29.2 Å². The molecule has 0 unspecified atom stereocenters. The molecule has 29 heavy (non-hydrogen) atoms.